The molecule has 0 aromatic rings. The van der Waals surface area contributed by atoms with Gasteiger partial charge in [-0.2, -0.15) is 8.42 Å². The molecule has 4 saturated carbocycles. The number of carbonyl (C=O) groups excluding carboxylic acids is 1. The second-order valence-electron chi connectivity index (χ2n) is 15.4. The molecule has 0 aromatic heterocycles. The van der Waals surface area contributed by atoms with E-state index in [0.717, 1.165) is 38.5 Å². The molecular formula is C32H57NO7S. The molecule has 13 atom stereocenters. The third-order valence-corrected chi connectivity index (χ3v) is 13.4. The normalized spacial score (nSPS) is 44.0. The molecule has 4 rings (SSSR count). The Morgan fingerprint density at radius 3 is 2.29 bits per heavy atom. The largest absolute Gasteiger partial charge is 0.393 e. The van der Waals surface area contributed by atoms with Crippen LogP contribution >= 0.6 is 0 Å². The number of aliphatic hydroxyl groups is 3. The first kappa shape index (κ1) is 33.2. The van der Waals surface area contributed by atoms with Crippen molar-refractivity contribution < 1.29 is 33.1 Å². The van der Waals surface area contributed by atoms with E-state index in [-0.39, 0.29) is 76.6 Å². The van der Waals surface area contributed by atoms with Gasteiger partial charge in [0.25, 0.3) is 10.1 Å². The summed E-state index contributed by atoms with van der Waals surface area (Å²) in [5, 5.41) is 37.1. The quantitative estimate of drug-likeness (QED) is 0.234. The van der Waals surface area contributed by atoms with Crippen LogP contribution in [0.25, 0.3) is 0 Å². The molecule has 13 unspecified atom stereocenters. The fourth-order valence-electron chi connectivity index (χ4n) is 10.7. The molecule has 0 bridgehead atoms. The second kappa shape index (κ2) is 12.3. The fraction of sp³-hybridized carbons (Fsp3) is 0.969. The van der Waals surface area contributed by atoms with Crippen molar-refractivity contribution in [1.82, 2.24) is 5.32 Å². The molecular weight excluding hydrogens is 542 g/mol. The summed E-state index contributed by atoms with van der Waals surface area (Å²) < 4.78 is 32.3. The zero-order valence-corrected chi connectivity index (χ0v) is 26.9. The summed E-state index contributed by atoms with van der Waals surface area (Å²) in [4.78, 5) is 12.9. The van der Waals surface area contributed by atoms with E-state index in [4.69, 9.17) is 0 Å². The van der Waals surface area contributed by atoms with E-state index in [1.165, 1.54) is 0 Å². The monoisotopic (exact) mass is 599 g/mol. The third kappa shape index (κ3) is 6.40. The van der Waals surface area contributed by atoms with Crippen LogP contribution in [0.5, 0.6) is 0 Å². The van der Waals surface area contributed by atoms with Crippen LogP contribution in [0.3, 0.4) is 0 Å². The van der Waals surface area contributed by atoms with Crippen LogP contribution in [0.1, 0.15) is 106 Å². The molecule has 0 spiro atoms. The highest BCUT2D eigenvalue weighted by atomic mass is 32.2. The number of fused-ring (bicyclic) bond motifs is 5. The molecule has 9 heteroatoms. The first-order chi connectivity index (χ1) is 19.0. The van der Waals surface area contributed by atoms with Crippen molar-refractivity contribution in [1.29, 1.82) is 0 Å². The van der Waals surface area contributed by atoms with Crippen LogP contribution in [0.4, 0.5) is 0 Å². The number of nitrogens with one attached hydrogen (secondary N) is 1. The van der Waals surface area contributed by atoms with Gasteiger partial charge in [-0.25, -0.2) is 0 Å². The Morgan fingerprint density at radius 2 is 1.68 bits per heavy atom. The molecule has 5 N–H and O–H groups in total. The first-order valence-electron chi connectivity index (χ1n) is 16.3. The van der Waals surface area contributed by atoms with E-state index < -0.39 is 34.1 Å². The van der Waals surface area contributed by atoms with Crippen molar-refractivity contribution in [2.24, 2.45) is 58.2 Å². The van der Waals surface area contributed by atoms with Crippen molar-refractivity contribution in [3.05, 3.63) is 0 Å². The SMILES string of the molecule is CCC1C(O)C2C(CC(O)C3(C)C(C(C)CCC(=O)NC(CC(C)C)CS(=O)(=O)O)CCC23)C2(C)CCC(O)CC12. The highest BCUT2D eigenvalue weighted by Gasteiger charge is 2.67. The maximum Gasteiger partial charge on any atom is 0.266 e. The van der Waals surface area contributed by atoms with E-state index in [1.54, 1.807) is 0 Å². The van der Waals surface area contributed by atoms with Crippen LogP contribution in [0.15, 0.2) is 0 Å². The van der Waals surface area contributed by atoms with E-state index in [0.29, 0.717) is 19.3 Å². The number of hydrogen-bond acceptors (Lipinski definition) is 6. The zero-order chi connectivity index (χ0) is 30.5. The number of amides is 1. The Labute approximate surface area is 248 Å². The lowest BCUT2D eigenvalue weighted by Crippen LogP contribution is -2.65. The molecule has 4 aliphatic carbocycles. The van der Waals surface area contributed by atoms with E-state index in [9.17, 15) is 33.1 Å². The lowest BCUT2D eigenvalue weighted by Gasteiger charge is -2.65. The Morgan fingerprint density at radius 1 is 1.00 bits per heavy atom. The van der Waals surface area contributed by atoms with E-state index >= 15 is 0 Å². The van der Waals surface area contributed by atoms with Crippen molar-refractivity contribution in [3.8, 4) is 0 Å². The highest BCUT2D eigenvalue weighted by Crippen LogP contribution is 2.69. The second-order valence-corrected chi connectivity index (χ2v) is 16.9. The molecule has 4 aliphatic rings. The molecule has 8 nitrogen and oxygen atoms in total. The minimum absolute atomic E-state index is 0.0163. The summed E-state index contributed by atoms with van der Waals surface area (Å²) in [5.74, 6) is 0.938. The molecule has 1 amide bonds. The van der Waals surface area contributed by atoms with Crippen molar-refractivity contribution in [3.63, 3.8) is 0 Å². The van der Waals surface area contributed by atoms with Crippen LogP contribution < -0.4 is 5.32 Å². The van der Waals surface area contributed by atoms with Gasteiger partial charge in [0.15, 0.2) is 0 Å². The lowest BCUT2D eigenvalue weighted by molar-refractivity contribution is -0.228. The average Bonchev–Trinajstić information content (AvgIpc) is 3.21. The Kier molecular flexibility index (Phi) is 9.98. The molecule has 0 heterocycles. The summed E-state index contributed by atoms with van der Waals surface area (Å²) in [6.07, 6.45) is 6.18. The Bertz CT molecular complexity index is 1040. The van der Waals surface area contributed by atoms with Crippen molar-refractivity contribution >= 4 is 16.0 Å². The van der Waals surface area contributed by atoms with E-state index in [1.807, 2.05) is 13.8 Å². The zero-order valence-electron chi connectivity index (χ0n) is 26.1. The lowest BCUT2D eigenvalue weighted by atomic mass is 9.41. The molecule has 0 saturated heterocycles. The predicted octanol–water partition coefficient (Wildman–Crippen LogP) is 4.42. The highest BCUT2D eigenvalue weighted by molar-refractivity contribution is 7.85. The maximum atomic E-state index is 12.9. The van der Waals surface area contributed by atoms with Crippen LogP contribution in [0, 0.1) is 58.2 Å². The number of hydrogen-bond donors (Lipinski definition) is 5. The van der Waals surface area contributed by atoms with Gasteiger partial charge in [-0.05, 0) is 110 Å². The van der Waals surface area contributed by atoms with Crippen LogP contribution in [0.2, 0.25) is 0 Å². The third-order valence-electron chi connectivity index (χ3n) is 12.6. The predicted molar refractivity (Wildman–Crippen MR) is 159 cm³/mol. The Hall–Kier alpha value is -0.740. The van der Waals surface area contributed by atoms with Gasteiger partial charge in [-0.1, -0.05) is 48.0 Å². The van der Waals surface area contributed by atoms with Gasteiger partial charge < -0.3 is 20.6 Å². The molecule has 0 aliphatic heterocycles. The molecule has 0 aromatic carbocycles. The summed E-state index contributed by atoms with van der Waals surface area (Å²) in [6.45, 7) is 12.8. The van der Waals surface area contributed by atoms with Gasteiger partial charge in [0.1, 0.15) is 0 Å². The average molecular weight is 600 g/mol. The number of carbonyl (C=O) groups is 1. The molecule has 41 heavy (non-hydrogen) atoms. The van der Waals surface area contributed by atoms with Gasteiger partial charge in [-0.3, -0.25) is 9.35 Å². The maximum absolute atomic E-state index is 12.9. The first-order valence-corrected chi connectivity index (χ1v) is 17.9. The number of aliphatic hydroxyl groups excluding tert-OH is 3. The van der Waals surface area contributed by atoms with Gasteiger partial charge >= 0.3 is 0 Å². The molecule has 0 radical (unpaired) electrons. The summed E-state index contributed by atoms with van der Waals surface area (Å²) in [7, 11) is -4.20. The smallest absolute Gasteiger partial charge is 0.266 e. The van der Waals surface area contributed by atoms with Crippen LogP contribution in [-0.4, -0.2) is 64.3 Å². The van der Waals surface area contributed by atoms with Gasteiger partial charge in [0, 0.05) is 12.5 Å². The topological polar surface area (TPSA) is 144 Å². The number of rotatable bonds is 10. The van der Waals surface area contributed by atoms with Gasteiger partial charge in [0.2, 0.25) is 5.91 Å². The minimum Gasteiger partial charge on any atom is -0.393 e. The summed E-state index contributed by atoms with van der Waals surface area (Å²) in [5.41, 5.74) is -0.318. The van der Waals surface area contributed by atoms with Crippen molar-refractivity contribution in [2.45, 2.75) is 130 Å². The summed E-state index contributed by atoms with van der Waals surface area (Å²) in [6, 6.07) is -0.622. The standard InChI is InChI=1S/C32H57NO7S/c1-7-22-25-15-21(34)12-13-31(25,5)26-16-27(35)32(6)23(9-10-24(32)29(26)30(22)37)19(4)8-11-28(36)33-20(14-18(2)3)17-41(38,39)40/h18-27,29-30,34-35,37H,7-17H2,1-6H3,(H,33,36)(H,38,39,40). The van der Waals surface area contributed by atoms with Crippen molar-refractivity contribution in [2.75, 3.05) is 5.75 Å². The van der Waals surface area contributed by atoms with E-state index in [2.05, 4.69) is 33.0 Å². The molecule has 238 valence electrons. The fourth-order valence-corrected chi connectivity index (χ4v) is 11.5. The summed E-state index contributed by atoms with van der Waals surface area (Å²) >= 11 is 0. The van der Waals surface area contributed by atoms with Crippen LogP contribution in [-0.2, 0) is 14.9 Å². The van der Waals surface area contributed by atoms with Gasteiger partial charge in [0.05, 0.1) is 24.1 Å². The minimum atomic E-state index is -4.20. The molecule has 4 fully saturated rings. The Balaban J connectivity index is 1.47. The van der Waals surface area contributed by atoms with Gasteiger partial charge in [-0.15, -0.1) is 0 Å².